The number of hydrogen-bond donors (Lipinski definition) is 1. The van der Waals surface area contributed by atoms with Gasteiger partial charge in [0.1, 0.15) is 11.4 Å². The van der Waals surface area contributed by atoms with Crippen molar-refractivity contribution in [3.63, 3.8) is 0 Å². The topological polar surface area (TPSA) is 55.6 Å². The number of aryl methyl sites for hydroxylation is 1. The van der Waals surface area contributed by atoms with Crippen LogP contribution in [0.4, 0.5) is 0 Å². The van der Waals surface area contributed by atoms with Crippen LogP contribution in [0.5, 0.6) is 5.75 Å². The lowest BCUT2D eigenvalue weighted by Crippen LogP contribution is -2.27. The maximum absolute atomic E-state index is 12.6. The summed E-state index contributed by atoms with van der Waals surface area (Å²) in [6, 6.07) is 12.4. The molecule has 1 atom stereocenters. The van der Waals surface area contributed by atoms with Crippen LogP contribution in [0.15, 0.2) is 48.8 Å². The highest BCUT2D eigenvalue weighted by molar-refractivity contribution is 5.78. The van der Waals surface area contributed by atoms with Crippen molar-refractivity contribution in [3.8, 4) is 5.75 Å². The molecule has 1 aliphatic carbocycles. The molecule has 0 radical (unpaired) electrons. The first-order chi connectivity index (χ1) is 12.7. The third kappa shape index (κ3) is 3.29. The lowest BCUT2D eigenvalue weighted by molar-refractivity contribution is -0.121. The quantitative estimate of drug-likeness (QED) is 0.741. The molecule has 1 aliphatic rings. The summed E-state index contributed by atoms with van der Waals surface area (Å²) in [5.41, 5.74) is 4.12. The predicted octanol–water partition coefficient (Wildman–Crippen LogP) is 3.45. The van der Waals surface area contributed by atoms with Crippen molar-refractivity contribution in [2.75, 3.05) is 7.11 Å². The largest absolute Gasteiger partial charge is 0.497 e. The van der Waals surface area contributed by atoms with Gasteiger partial charge in [-0.1, -0.05) is 18.2 Å². The molecule has 1 saturated carbocycles. The standard InChI is InChI=1S/C21H23N3O2/c1-14-5-4-10-24-19(13-22-21(14)24)18(12-20(25)23-16-8-9-16)15-6-3-7-17(11-15)26-2/h3-7,10-11,13,16,18H,8-9,12H2,1-2H3,(H,23,25)/t18-/m0/s1. The number of methoxy groups -OCH3 is 1. The number of amides is 1. The molecular formula is C21H23N3O2. The second-order valence-electron chi connectivity index (χ2n) is 6.94. The summed E-state index contributed by atoms with van der Waals surface area (Å²) >= 11 is 0. The molecule has 5 heteroatoms. The molecule has 3 aromatic rings. The maximum Gasteiger partial charge on any atom is 0.221 e. The summed E-state index contributed by atoms with van der Waals surface area (Å²) in [4.78, 5) is 17.1. The van der Waals surface area contributed by atoms with Crippen molar-refractivity contribution in [1.29, 1.82) is 0 Å². The molecule has 26 heavy (non-hydrogen) atoms. The van der Waals surface area contributed by atoms with E-state index in [9.17, 15) is 4.79 Å². The number of benzene rings is 1. The number of ether oxygens (including phenoxy) is 1. The summed E-state index contributed by atoms with van der Waals surface area (Å²) in [5, 5.41) is 3.10. The second kappa shape index (κ2) is 6.83. The molecule has 0 saturated heterocycles. The van der Waals surface area contributed by atoms with Gasteiger partial charge in [0, 0.05) is 30.8 Å². The van der Waals surface area contributed by atoms with Gasteiger partial charge in [-0.3, -0.25) is 4.79 Å². The van der Waals surface area contributed by atoms with Crippen LogP contribution >= 0.6 is 0 Å². The molecule has 134 valence electrons. The molecule has 5 nitrogen and oxygen atoms in total. The lowest BCUT2D eigenvalue weighted by Gasteiger charge is -2.18. The number of rotatable bonds is 6. The Hall–Kier alpha value is -2.82. The van der Waals surface area contributed by atoms with Crippen LogP contribution in [0.3, 0.4) is 0 Å². The highest BCUT2D eigenvalue weighted by Gasteiger charge is 2.27. The van der Waals surface area contributed by atoms with Crippen molar-refractivity contribution >= 4 is 11.6 Å². The average Bonchev–Trinajstić information content (AvgIpc) is 3.35. The first kappa shape index (κ1) is 16.6. The van der Waals surface area contributed by atoms with Gasteiger partial charge in [-0.05, 0) is 49.1 Å². The number of carbonyl (C=O) groups excluding carboxylic acids is 1. The number of nitrogens with one attached hydrogen (secondary N) is 1. The monoisotopic (exact) mass is 349 g/mol. The van der Waals surface area contributed by atoms with Gasteiger partial charge in [-0.25, -0.2) is 4.98 Å². The highest BCUT2D eigenvalue weighted by atomic mass is 16.5. The van der Waals surface area contributed by atoms with E-state index in [1.165, 1.54) is 0 Å². The van der Waals surface area contributed by atoms with Gasteiger partial charge >= 0.3 is 0 Å². The number of fused-ring (bicyclic) bond motifs is 1. The maximum atomic E-state index is 12.6. The minimum atomic E-state index is -0.0827. The summed E-state index contributed by atoms with van der Waals surface area (Å²) in [6.07, 6.45) is 6.47. The molecule has 2 heterocycles. The van der Waals surface area contributed by atoms with E-state index in [4.69, 9.17) is 4.74 Å². The van der Waals surface area contributed by atoms with Gasteiger partial charge in [0.25, 0.3) is 0 Å². The van der Waals surface area contributed by atoms with E-state index in [2.05, 4.69) is 14.7 Å². The fraction of sp³-hybridized carbons (Fsp3) is 0.333. The van der Waals surface area contributed by atoms with Gasteiger partial charge in [-0.2, -0.15) is 0 Å². The summed E-state index contributed by atoms with van der Waals surface area (Å²) < 4.78 is 7.47. The minimum absolute atomic E-state index is 0.0827. The summed E-state index contributed by atoms with van der Waals surface area (Å²) in [7, 11) is 1.66. The van der Waals surface area contributed by atoms with Crippen LogP contribution in [0.2, 0.25) is 0 Å². The fourth-order valence-corrected chi connectivity index (χ4v) is 3.38. The summed E-state index contributed by atoms with van der Waals surface area (Å²) in [5.74, 6) is 0.795. The average molecular weight is 349 g/mol. The molecule has 0 aliphatic heterocycles. The van der Waals surface area contributed by atoms with Gasteiger partial charge in [0.05, 0.1) is 12.8 Å². The van der Waals surface area contributed by atoms with Gasteiger partial charge < -0.3 is 14.5 Å². The van der Waals surface area contributed by atoms with Gasteiger partial charge in [0.15, 0.2) is 0 Å². The highest BCUT2D eigenvalue weighted by Crippen LogP contribution is 2.32. The predicted molar refractivity (Wildman–Crippen MR) is 101 cm³/mol. The number of aromatic nitrogens is 2. The number of hydrogen-bond acceptors (Lipinski definition) is 3. The van der Waals surface area contributed by atoms with Crippen LogP contribution in [0.1, 0.15) is 42.0 Å². The third-order valence-electron chi connectivity index (χ3n) is 4.94. The zero-order valence-corrected chi connectivity index (χ0v) is 15.1. The molecule has 1 fully saturated rings. The smallest absolute Gasteiger partial charge is 0.221 e. The third-order valence-corrected chi connectivity index (χ3v) is 4.94. The van der Waals surface area contributed by atoms with Crippen LogP contribution < -0.4 is 10.1 Å². The van der Waals surface area contributed by atoms with Crippen LogP contribution in [0.25, 0.3) is 5.65 Å². The number of nitrogens with zero attached hydrogens (tertiary/aromatic N) is 2. The van der Waals surface area contributed by atoms with E-state index in [0.29, 0.717) is 12.5 Å². The van der Waals surface area contributed by atoms with Crippen LogP contribution in [-0.4, -0.2) is 28.4 Å². The Bertz CT molecular complexity index is 943. The van der Waals surface area contributed by atoms with Crippen molar-refractivity contribution in [2.45, 2.75) is 38.1 Å². The van der Waals surface area contributed by atoms with Gasteiger partial charge in [0.2, 0.25) is 5.91 Å². The molecule has 1 amide bonds. The van der Waals surface area contributed by atoms with Crippen molar-refractivity contribution in [1.82, 2.24) is 14.7 Å². The molecular weight excluding hydrogens is 326 g/mol. The Morgan fingerprint density at radius 1 is 1.35 bits per heavy atom. The zero-order chi connectivity index (χ0) is 18.1. The molecule has 4 rings (SSSR count). The van der Waals surface area contributed by atoms with Crippen molar-refractivity contribution in [3.05, 3.63) is 65.6 Å². The lowest BCUT2D eigenvalue weighted by atomic mass is 9.92. The Balaban J connectivity index is 1.75. The summed E-state index contributed by atoms with van der Waals surface area (Å²) in [6.45, 7) is 2.05. The molecule has 0 unspecified atom stereocenters. The van der Waals surface area contributed by atoms with E-state index >= 15 is 0 Å². The first-order valence-electron chi connectivity index (χ1n) is 9.01. The SMILES string of the molecule is COc1cccc([C@H](CC(=O)NC2CC2)c2cnc3c(C)cccn23)c1. The molecule has 0 bridgehead atoms. The fourth-order valence-electron chi connectivity index (χ4n) is 3.38. The van der Waals surface area contributed by atoms with E-state index < -0.39 is 0 Å². The van der Waals surface area contributed by atoms with E-state index in [1.54, 1.807) is 7.11 Å². The first-order valence-corrected chi connectivity index (χ1v) is 9.01. The van der Waals surface area contributed by atoms with E-state index in [1.807, 2.05) is 55.7 Å². The van der Waals surface area contributed by atoms with E-state index in [-0.39, 0.29) is 11.8 Å². The second-order valence-corrected chi connectivity index (χ2v) is 6.94. The molecule has 1 aromatic carbocycles. The van der Waals surface area contributed by atoms with Crippen LogP contribution in [-0.2, 0) is 4.79 Å². The Morgan fingerprint density at radius 3 is 2.96 bits per heavy atom. The minimum Gasteiger partial charge on any atom is -0.497 e. The number of pyridine rings is 1. The Morgan fingerprint density at radius 2 is 2.19 bits per heavy atom. The normalized spacial score (nSPS) is 15.0. The van der Waals surface area contributed by atoms with Gasteiger partial charge in [-0.15, -0.1) is 0 Å². The number of imidazole rings is 1. The van der Waals surface area contributed by atoms with Crippen molar-refractivity contribution in [2.24, 2.45) is 0 Å². The van der Waals surface area contributed by atoms with Crippen molar-refractivity contribution < 1.29 is 9.53 Å². The zero-order valence-electron chi connectivity index (χ0n) is 15.1. The Kier molecular flexibility index (Phi) is 4.37. The van der Waals surface area contributed by atoms with Crippen LogP contribution in [0, 0.1) is 6.92 Å². The van der Waals surface area contributed by atoms with E-state index in [0.717, 1.165) is 41.1 Å². The molecule has 2 aromatic heterocycles. The molecule has 0 spiro atoms. The number of carbonyl (C=O) groups is 1. The molecule has 1 N–H and O–H groups in total. The Labute approximate surface area is 153 Å².